The van der Waals surface area contributed by atoms with Gasteiger partial charge in [-0.2, -0.15) is 26.3 Å². The SMILES string of the molecule is CC(C)(C)[C@@H](NC(=S)Nc1cc(C(F)(F)F)cc(C(F)(F)F)c1)C(=O)N1CCC[C@@]1(C)c1ccc(F)cc1. The summed E-state index contributed by atoms with van der Waals surface area (Å²) >= 11 is 5.22. The highest BCUT2D eigenvalue weighted by Gasteiger charge is 2.46. The topological polar surface area (TPSA) is 44.4 Å². The number of anilines is 1. The molecule has 0 bridgehead atoms. The Bertz CT molecular complexity index is 1160. The van der Waals surface area contributed by atoms with Crippen molar-refractivity contribution in [2.75, 3.05) is 11.9 Å². The normalized spacial score (nSPS) is 19.3. The average molecular weight is 564 g/mol. The van der Waals surface area contributed by atoms with E-state index in [0.29, 0.717) is 31.5 Å². The number of benzene rings is 2. The Morgan fingerprint density at radius 2 is 1.50 bits per heavy atom. The van der Waals surface area contributed by atoms with Gasteiger partial charge in [0.1, 0.15) is 11.9 Å². The number of nitrogens with one attached hydrogen (secondary N) is 2. The Hall–Kier alpha value is -2.89. The molecule has 0 saturated carbocycles. The Morgan fingerprint density at radius 1 is 0.974 bits per heavy atom. The molecule has 0 aromatic heterocycles. The zero-order chi connectivity index (χ0) is 28.7. The molecule has 2 aromatic rings. The second kappa shape index (κ2) is 10.3. The molecule has 0 spiro atoms. The van der Waals surface area contributed by atoms with Gasteiger partial charge in [-0.05, 0) is 73.3 Å². The lowest BCUT2D eigenvalue weighted by Gasteiger charge is -2.41. The van der Waals surface area contributed by atoms with Crippen LogP contribution in [-0.4, -0.2) is 28.5 Å². The molecule has 3 rings (SSSR count). The van der Waals surface area contributed by atoms with Crippen molar-refractivity contribution >= 4 is 28.9 Å². The second-order valence-electron chi connectivity index (χ2n) is 10.6. The number of nitrogens with zero attached hydrogens (tertiary/aromatic N) is 1. The summed E-state index contributed by atoms with van der Waals surface area (Å²) in [5.41, 5.74) is -4.27. The van der Waals surface area contributed by atoms with Crippen molar-refractivity contribution in [3.8, 4) is 0 Å². The standard InChI is InChI=1S/C26H28F7N3OS/c1-23(2,3)20(21(37)36-11-5-10-24(36,4)15-6-8-18(27)9-7-15)35-22(38)34-19-13-16(25(28,29)30)12-17(14-19)26(31,32)33/h6-9,12-14,20H,5,10-11H2,1-4H3,(H2,34,35,38)/t20-,24-/m0/s1. The zero-order valence-electron chi connectivity index (χ0n) is 21.1. The van der Waals surface area contributed by atoms with Crippen LogP contribution < -0.4 is 10.6 Å². The first-order valence-corrected chi connectivity index (χ1v) is 12.2. The molecule has 4 nitrogen and oxygen atoms in total. The number of halogens is 7. The molecule has 2 aromatic carbocycles. The first kappa shape index (κ1) is 29.7. The number of alkyl halides is 6. The minimum absolute atomic E-state index is 0.0206. The van der Waals surface area contributed by atoms with Crippen LogP contribution in [0.3, 0.4) is 0 Å². The predicted molar refractivity (Wildman–Crippen MR) is 134 cm³/mol. The molecule has 0 radical (unpaired) electrons. The quantitative estimate of drug-likeness (QED) is 0.308. The highest BCUT2D eigenvalue weighted by atomic mass is 32.1. The zero-order valence-corrected chi connectivity index (χ0v) is 22.0. The van der Waals surface area contributed by atoms with Crippen LogP contribution in [0.2, 0.25) is 0 Å². The molecule has 1 amide bonds. The Morgan fingerprint density at radius 3 is 1.97 bits per heavy atom. The van der Waals surface area contributed by atoms with Gasteiger partial charge in [-0.25, -0.2) is 4.39 Å². The molecule has 1 saturated heterocycles. The van der Waals surface area contributed by atoms with E-state index in [1.807, 2.05) is 6.92 Å². The molecule has 1 heterocycles. The van der Waals surface area contributed by atoms with Crippen LogP contribution in [0.1, 0.15) is 57.2 Å². The summed E-state index contributed by atoms with van der Waals surface area (Å²) in [5.74, 6) is -0.770. The fraction of sp³-hybridized carbons (Fsp3) is 0.462. The molecule has 208 valence electrons. The lowest BCUT2D eigenvalue weighted by Crippen LogP contribution is -2.58. The maximum Gasteiger partial charge on any atom is 0.416 e. The van der Waals surface area contributed by atoms with Crippen molar-refractivity contribution in [3.63, 3.8) is 0 Å². The van der Waals surface area contributed by atoms with Gasteiger partial charge in [0.25, 0.3) is 0 Å². The summed E-state index contributed by atoms with van der Waals surface area (Å²) in [6.07, 6.45) is -8.73. The fourth-order valence-corrected chi connectivity index (χ4v) is 4.79. The van der Waals surface area contributed by atoms with Crippen LogP contribution in [0.25, 0.3) is 0 Å². The van der Waals surface area contributed by atoms with E-state index >= 15 is 0 Å². The summed E-state index contributed by atoms with van der Waals surface area (Å²) in [6.45, 7) is 7.53. The van der Waals surface area contributed by atoms with Crippen LogP contribution in [-0.2, 0) is 22.7 Å². The molecule has 1 fully saturated rings. The minimum atomic E-state index is -5.02. The van der Waals surface area contributed by atoms with E-state index in [4.69, 9.17) is 12.2 Å². The van der Waals surface area contributed by atoms with Crippen molar-refractivity contribution < 1.29 is 35.5 Å². The summed E-state index contributed by atoms with van der Waals surface area (Å²) in [5, 5.41) is 4.87. The maximum absolute atomic E-state index is 13.8. The van der Waals surface area contributed by atoms with E-state index in [1.165, 1.54) is 12.1 Å². The Kier molecular flexibility index (Phi) is 8.08. The van der Waals surface area contributed by atoms with Gasteiger partial charge in [-0.1, -0.05) is 32.9 Å². The largest absolute Gasteiger partial charge is 0.416 e. The maximum atomic E-state index is 13.8. The van der Waals surface area contributed by atoms with Crippen LogP contribution >= 0.6 is 12.2 Å². The van der Waals surface area contributed by atoms with E-state index in [2.05, 4.69) is 10.6 Å². The first-order valence-electron chi connectivity index (χ1n) is 11.8. The molecule has 2 atom stereocenters. The average Bonchev–Trinajstić information content (AvgIpc) is 3.18. The smallest absolute Gasteiger partial charge is 0.350 e. The number of likely N-dealkylation sites (tertiary alicyclic amines) is 1. The lowest BCUT2D eigenvalue weighted by molar-refractivity contribution is -0.143. The van der Waals surface area contributed by atoms with Crippen LogP contribution in [0.4, 0.5) is 36.4 Å². The van der Waals surface area contributed by atoms with E-state index in [1.54, 1.807) is 37.8 Å². The summed E-state index contributed by atoms with van der Waals surface area (Å²) in [4.78, 5) is 15.5. The van der Waals surface area contributed by atoms with Crippen LogP contribution in [0.15, 0.2) is 42.5 Å². The van der Waals surface area contributed by atoms with Crippen LogP contribution in [0.5, 0.6) is 0 Å². The third-order valence-corrected chi connectivity index (χ3v) is 6.83. The van der Waals surface area contributed by atoms with E-state index in [0.717, 1.165) is 5.56 Å². The number of amides is 1. The third-order valence-electron chi connectivity index (χ3n) is 6.61. The van der Waals surface area contributed by atoms with Gasteiger partial charge in [-0.3, -0.25) is 4.79 Å². The first-order chi connectivity index (χ1) is 17.3. The number of rotatable bonds is 4. The molecular weight excluding hydrogens is 535 g/mol. The summed E-state index contributed by atoms with van der Waals surface area (Å²) < 4.78 is 92.9. The van der Waals surface area contributed by atoms with Gasteiger partial charge in [0.15, 0.2) is 5.11 Å². The molecule has 1 aliphatic heterocycles. The Balaban J connectivity index is 1.88. The van der Waals surface area contributed by atoms with E-state index in [-0.39, 0.29) is 17.1 Å². The lowest BCUT2D eigenvalue weighted by atomic mass is 9.83. The third kappa shape index (κ3) is 6.57. The van der Waals surface area contributed by atoms with Gasteiger partial charge in [-0.15, -0.1) is 0 Å². The molecular formula is C26H28F7N3OS. The van der Waals surface area contributed by atoms with Crippen molar-refractivity contribution in [2.24, 2.45) is 5.41 Å². The number of hydrogen-bond acceptors (Lipinski definition) is 2. The number of carbonyl (C=O) groups is 1. The highest BCUT2D eigenvalue weighted by Crippen LogP contribution is 2.41. The summed E-state index contributed by atoms with van der Waals surface area (Å²) in [6, 6.07) is 5.92. The van der Waals surface area contributed by atoms with Gasteiger partial charge in [0.2, 0.25) is 5.91 Å². The fourth-order valence-electron chi connectivity index (χ4n) is 4.56. The number of carbonyl (C=O) groups excluding carboxylic acids is 1. The molecule has 0 unspecified atom stereocenters. The van der Waals surface area contributed by atoms with E-state index in [9.17, 15) is 35.5 Å². The van der Waals surface area contributed by atoms with Crippen molar-refractivity contribution in [2.45, 2.75) is 64.5 Å². The van der Waals surface area contributed by atoms with Gasteiger partial charge < -0.3 is 15.5 Å². The van der Waals surface area contributed by atoms with Gasteiger partial charge >= 0.3 is 12.4 Å². The van der Waals surface area contributed by atoms with Crippen molar-refractivity contribution in [1.29, 1.82) is 0 Å². The summed E-state index contributed by atoms with van der Waals surface area (Å²) in [7, 11) is 0. The molecule has 12 heteroatoms. The Labute approximate surface area is 221 Å². The number of hydrogen-bond donors (Lipinski definition) is 2. The van der Waals surface area contributed by atoms with Crippen LogP contribution in [0, 0.1) is 11.2 Å². The predicted octanol–water partition coefficient (Wildman–Crippen LogP) is 7.10. The molecule has 1 aliphatic rings. The minimum Gasteiger partial charge on any atom is -0.350 e. The van der Waals surface area contributed by atoms with Crippen molar-refractivity contribution in [1.82, 2.24) is 10.2 Å². The molecule has 38 heavy (non-hydrogen) atoms. The van der Waals surface area contributed by atoms with Crippen molar-refractivity contribution in [3.05, 3.63) is 65.0 Å². The van der Waals surface area contributed by atoms with Gasteiger partial charge in [0.05, 0.1) is 16.7 Å². The highest BCUT2D eigenvalue weighted by molar-refractivity contribution is 7.80. The number of thiocarbonyl (C=S) groups is 1. The second-order valence-corrected chi connectivity index (χ2v) is 11.0. The monoisotopic (exact) mass is 563 g/mol. The van der Waals surface area contributed by atoms with E-state index < -0.39 is 52.0 Å². The molecule has 0 aliphatic carbocycles. The van der Waals surface area contributed by atoms with Gasteiger partial charge in [0, 0.05) is 12.2 Å². The molecule has 2 N–H and O–H groups in total.